The van der Waals surface area contributed by atoms with Gasteiger partial charge in [0.2, 0.25) is 0 Å². The second-order valence-corrected chi connectivity index (χ2v) is 3.92. The van der Waals surface area contributed by atoms with Crippen LogP contribution in [0.2, 0.25) is 0 Å². The molecule has 2 heteroatoms. The lowest BCUT2D eigenvalue weighted by Gasteiger charge is -2.26. The molecule has 0 saturated heterocycles. The first-order chi connectivity index (χ1) is 5.61. The van der Waals surface area contributed by atoms with Crippen LogP contribution in [0, 0.1) is 5.92 Å². The summed E-state index contributed by atoms with van der Waals surface area (Å²) in [5.41, 5.74) is 0. The van der Waals surface area contributed by atoms with Crippen molar-refractivity contribution in [3.05, 3.63) is 0 Å². The Kier molecular flexibility index (Phi) is 6.39. The number of likely N-dealkylation sites (N-methyl/N-ethyl adjacent to an activating group) is 2. The first-order valence-electron chi connectivity index (χ1n) is 4.93. The molecule has 2 unspecified atom stereocenters. The molecule has 0 aromatic carbocycles. The summed E-state index contributed by atoms with van der Waals surface area (Å²) in [4.78, 5) is 2.24. The number of nitrogens with zero attached hydrogens (tertiary/aromatic N) is 1. The van der Waals surface area contributed by atoms with Gasteiger partial charge in [-0.2, -0.15) is 0 Å². The molecule has 12 heavy (non-hydrogen) atoms. The molecule has 0 aromatic rings. The minimum absolute atomic E-state index is 0.639. The van der Waals surface area contributed by atoms with Crippen LogP contribution in [0.15, 0.2) is 0 Å². The molecular weight excluding hydrogens is 148 g/mol. The summed E-state index contributed by atoms with van der Waals surface area (Å²) in [5.74, 6) is 0.780. The summed E-state index contributed by atoms with van der Waals surface area (Å²) in [6.45, 7) is 5.71. The molecule has 0 saturated carbocycles. The second-order valence-electron chi connectivity index (χ2n) is 3.92. The number of hydrogen-bond donors (Lipinski definition) is 1. The maximum atomic E-state index is 3.38. The first kappa shape index (κ1) is 11.9. The Morgan fingerprint density at radius 3 is 2.25 bits per heavy atom. The molecule has 0 aliphatic rings. The molecule has 2 nitrogen and oxygen atoms in total. The molecule has 1 N–H and O–H groups in total. The molecule has 0 aromatic heterocycles. The third-order valence-corrected chi connectivity index (χ3v) is 2.36. The molecule has 74 valence electrons. The fraction of sp³-hybridized carbons (Fsp3) is 1.00. The van der Waals surface area contributed by atoms with Gasteiger partial charge < -0.3 is 10.2 Å². The van der Waals surface area contributed by atoms with Gasteiger partial charge in [0, 0.05) is 12.6 Å². The highest BCUT2D eigenvalue weighted by Gasteiger charge is 2.14. The SMILES string of the molecule is CCCC(C)C(CN(C)C)NC. The normalized spacial score (nSPS) is 16.5. The van der Waals surface area contributed by atoms with E-state index in [1.165, 1.54) is 12.8 Å². The van der Waals surface area contributed by atoms with Crippen molar-refractivity contribution in [2.24, 2.45) is 5.92 Å². The lowest BCUT2D eigenvalue weighted by molar-refractivity contribution is 0.280. The molecule has 0 heterocycles. The third kappa shape index (κ3) is 4.73. The fourth-order valence-electron chi connectivity index (χ4n) is 1.61. The number of hydrogen-bond acceptors (Lipinski definition) is 2. The van der Waals surface area contributed by atoms with Crippen molar-refractivity contribution in [3.63, 3.8) is 0 Å². The zero-order valence-electron chi connectivity index (χ0n) is 9.22. The highest BCUT2D eigenvalue weighted by molar-refractivity contribution is 4.73. The Labute approximate surface area is 77.3 Å². The Hall–Kier alpha value is -0.0800. The largest absolute Gasteiger partial charge is 0.315 e. The van der Waals surface area contributed by atoms with E-state index >= 15 is 0 Å². The summed E-state index contributed by atoms with van der Waals surface area (Å²) < 4.78 is 0. The first-order valence-corrected chi connectivity index (χ1v) is 4.93. The van der Waals surface area contributed by atoms with Crippen LogP contribution in [0.3, 0.4) is 0 Å². The van der Waals surface area contributed by atoms with E-state index in [1.807, 2.05) is 0 Å². The Morgan fingerprint density at radius 1 is 1.33 bits per heavy atom. The fourth-order valence-corrected chi connectivity index (χ4v) is 1.61. The van der Waals surface area contributed by atoms with E-state index in [0.717, 1.165) is 12.5 Å². The van der Waals surface area contributed by atoms with Crippen LogP contribution >= 0.6 is 0 Å². The summed E-state index contributed by atoms with van der Waals surface area (Å²) in [7, 11) is 6.31. The highest BCUT2D eigenvalue weighted by atomic mass is 15.1. The quantitative estimate of drug-likeness (QED) is 0.654. The average molecular weight is 172 g/mol. The van der Waals surface area contributed by atoms with Crippen LogP contribution in [0.4, 0.5) is 0 Å². The zero-order valence-corrected chi connectivity index (χ0v) is 9.22. The van der Waals surface area contributed by atoms with E-state index < -0.39 is 0 Å². The van der Waals surface area contributed by atoms with Crippen LogP contribution in [0.25, 0.3) is 0 Å². The smallest absolute Gasteiger partial charge is 0.0217 e. The van der Waals surface area contributed by atoms with Gasteiger partial charge in [-0.25, -0.2) is 0 Å². The molecule has 0 fully saturated rings. The van der Waals surface area contributed by atoms with Crippen LogP contribution in [-0.4, -0.2) is 38.6 Å². The predicted octanol–water partition coefficient (Wildman–Crippen LogP) is 1.57. The van der Waals surface area contributed by atoms with Gasteiger partial charge in [-0.05, 0) is 33.5 Å². The van der Waals surface area contributed by atoms with Crippen molar-refractivity contribution in [1.82, 2.24) is 10.2 Å². The predicted molar refractivity (Wildman–Crippen MR) is 55.5 cm³/mol. The molecule has 0 bridgehead atoms. The van der Waals surface area contributed by atoms with Gasteiger partial charge in [0.15, 0.2) is 0 Å². The third-order valence-electron chi connectivity index (χ3n) is 2.36. The van der Waals surface area contributed by atoms with Crippen molar-refractivity contribution in [2.75, 3.05) is 27.7 Å². The summed E-state index contributed by atoms with van der Waals surface area (Å²) in [6.07, 6.45) is 2.60. The maximum Gasteiger partial charge on any atom is 0.0217 e. The Balaban J connectivity index is 3.78. The maximum absolute atomic E-state index is 3.38. The molecule has 0 radical (unpaired) electrons. The molecular formula is C10H24N2. The van der Waals surface area contributed by atoms with E-state index in [9.17, 15) is 0 Å². The summed E-state index contributed by atoms with van der Waals surface area (Å²) in [6, 6.07) is 0.639. The van der Waals surface area contributed by atoms with Crippen LogP contribution in [0.1, 0.15) is 26.7 Å². The molecule has 0 rings (SSSR count). The molecule has 2 atom stereocenters. The van der Waals surface area contributed by atoms with E-state index in [2.05, 4.69) is 45.2 Å². The van der Waals surface area contributed by atoms with Crippen LogP contribution in [0.5, 0.6) is 0 Å². The summed E-state index contributed by atoms with van der Waals surface area (Å²) in [5, 5.41) is 3.38. The number of rotatable bonds is 6. The molecule has 0 spiro atoms. The van der Waals surface area contributed by atoms with Gasteiger partial charge in [-0.3, -0.25) is 0 Å². The van der Waals surface area contributed by atoms with Gasteiger partial charge in [-0.1, -0.05) is 20.3 Å². The van der Waals surface area contributed by atoms with Crippen molar-refractivity contribution in [3.8, 4) is 0 Å². The molecule has 0 amide bonds. The van der Waals surface area contributed by atoms with Gasteiger partial charge in [0.1, 0.15) is 0 Å². The lowest BCUT2D eigenvalue weighted by Crippen LogP contribution is -2.40. The lowest BCUT2D eigenvalue weighted by atomic mass is 9.97. The minimum atomic E-state index is 0.639. The van der Waals surface area contributed by atoms with E-state index in [-0.39, 0.29) is 0 Å². The second kappa shape index (κ2) is 6.44. The van der Waals surface area contributed by atoms with E-state index in [4.69, 9.17) is 0 Å². The summed E-state index contributed by atoms with van der Waals surface area (Å²) >= 11 is 0. The van der Waals surface area contributed by atoms with Gasteiger partial charge in [0.25, 0.3) is 0 Å². The highest BCUT2D eigenvalue weighted by Crippen LogP contribution is 2.10. The van der Waals surface area contributed by atoms with Gasteiger partial charge in [-0.15, -0.1) is 0 Å². The van der Waals surface area contributed by atoms with Gasteiger partial charge in [0.05, 0.1) is 0 Å². The minimum Gasteiger partial charge on any atom is -0.315 e. The van der Waals surface area contributed by atoms with Crippen molar-refractivity contribution < 1.29 is 0 Å². The van der Waals surface area contributed by atoms with Gasteiger partial charge >= 0.3 is 0 Å². The standard InChI is InChI=1S/C10H24N2/c1-6-7-9(2)10(11-3)8-12(4)5/h9-11H,6-8H2,1-5H3. The monoisotopic (exact) mass is 172 g/mol. The number of nitrogens with one attached hydrogen (secondary N) is 1. The van der Waals surface area contributed by atoms with Crippen molar-refractivity contribution in [1.29, 1.82) is 0 Å². The van der Waals surface area contributed by atoms with Crippen molar-refractivity contribution in [2.45, 2.75) is 32.7 Å². The average Bonchev–Trinajstić information content (AvgIpc) is 2.00. The van der Waals surface area contributed by atoms with Crippen LogP contribution < -0.4 is 5.32 Å². The van der Waals surface area contributed by atoms with Crippen molar-refractivity contribution >= 4 is 0 Å². The Morgan fingerprint density at radius 2 is 1.92 bits per heavy atom. The van der Waals surface area contributed by atoms with E-state index in [0.29, 0.717) is 6.04 Å². The Bertz CT molecular complexity index is 102. The molecule has 0 aliphatic heterocycles. The van der Waals surface area contributed by atoms with Crippen LogP contribution in [-0.2, 0) is 0 Å². The molecule has 0 aliphatic carbocycles. The topological polar surface area (TPSA) is 15.3 Å². The van der Waals surface area contributed by atoms with E-state index in [1.54, 1.807) is 0 Å². The zero-order chi connectivity index (χ0) is 9.56.